The largest absolute Gasteiger partial charge is 0.322 e. The molecule has 21 heavy (non-hydrogen) atoms. The molecule has 0 saturated carbocycles. The predicted octanol–water partition coefficient (Wildman–Crippen LogP) is 4.75. The molecule has 1 heterocycles. The molecule has 0 amide bonds. The summed E-state index contributed by atoms with van der Waals surface area (Å²) in [5.41, 5.74) is 2.01. The van der Waals surface area contributed by atoms with E-state index >= 15 is 0 Å². The Morgan fingerprint density at radius 2 is 1.90 bits per heavy atom. The standard InChI is InChI=1S/C16H23Cl2N3/c1-10(2)15(9-20(4)5)21-14-7-6-12(18)8-13(14)19-16(21)11(3)17/h6-8,10-11,15H,9H2,1-5H3. The molecule has 0 radical (unpaired) electrons. The van der Waals surface area contributed by atoms with Gasteiger partial charge in [-0.3, -0.25) is 0 Å². The van der Waals surface area contributed by atoms with Crippen molar-refractivity contribution in [2.45, 2.75) is 32.2 Å². The van der Waals surface area contributed by atoms with Gasteiger partial charge >= 0.3 is 0 Å². The highest BCUT2D eigenvalue weighted by atomic mass is 35.5. The predicted molar refractivity (Wildman–Crippen MR) is 91.4 cm³/mol. The molecule has 2 rings (SSSR count). The highest BCUT2D eigenvalue weighted by molar-refractivity contribution is 6.31. The van der Waals surface area contributed by atoms with Gasteiger partial charge in [-0.1, -0.05) is 25.4 Å². The van der Waals surface area contributed by atoms with E-state index in [4.69, 9.17) is 28.2 Å². The number of halogens is 2. The third kappa shape index (κ3) is 3.53. The van der Waals surface area contributed by atoms with E-state index in [1.165, 1.54) is 0 Å². The summed E-state index contributed by atoms with van der Waals surface area (Å²) in [5, 5.41) is 0.564. The quantitative estimate of drug-likeness (QED) is 0.739. The van der Waals surface area contributed by atoms with Crippen molar-refractivity contribution < 1.29 is 0 Å². The third-order valence-electron chi connectivity index (χ3n) is 3.69. The van der Waals surface area contributed by atoms with Crippen LogP contribution < -0.4 is 0 Å². The van der Waals surface area contributed by atoms with Gasteiger partial charge in [-0.25, -0.2) is 4.98 Å². The van der Waals surface area contributed by atoms with Gasteiger partial charge in [0, 0.05) is 11.6 Å². The Morgan fingerprint density at radius 3 is 2.43 bits per heavy atom. The lowest BCUT2D eigenvalue weighted by molar-refractivity contribution is 0.269. The molecule has 0 aliphatic rings. The normalized spacial score (nSPS) is 15.1. The summed E-state index contributed by atoms with van der Waals surface area (Å²) < 4.78 is 2.29. The minimum absolute atomic E-state index is 0.139. The number of hydrogen-bond donors (Lipinski definition) is 0. The number of fused-ring (bicyclic) bond motifs is 1. The molecule has 2 unspecified atom stereocenters. The molecule has 0 N–H and O–H groups in total. The van der Waals surface area contributed by atoms with E-state index in [1.807, 2.05) is 25.1 Å². The molecule has 0 saturated heterocycles. The van der Waals surface area contributed by atoms with Crippen LogP contribution in [-0.4, -0.2) is 35.1 Å². The molecular weight excluding hydrogens is 305 g/mol. The summed E-state index contributed by atoms with van der Waals surface area (Å²) in [6, 6.07) is 6.18. The van der Waals surface area contributed by atoms with Gasteiger partial charge in [0.25, 0.3) is 0 Å². The fourth-order valence-corrected chi connectivity index (χ4v) is 3.00. The highest BCUT2D eigenvalue weighted by Crippen LogP contribution is 2.32. The number of rotatable bonds is 5. The molecule has 1 aromatic heterocycles. The summed E-state index contributed by atoms with van der Waals surface area (Å²) >= 11 is 12.5. The van der Waals surface area contributed by atoms with Crippen molar-refractivity contribution in [3.63, 3.8) is 0 Å². The molecule has 0 spiro atoms. The van der Waals surface area contributed by atoms with Crippen molar-refractivity contribution in [1.29, 1.82) is 0 Å². The van der Waals surface area contributed by atoms with Crippen LogP contribution in [0.4, 0.5) is 0 Å². The van der Waals surface area contributed by atoms with E-state index in [0.29, 0.717) is 17.0 Å². The first-order valence-electron chi connectivity index (χ1n) is 7.27. The van der Waals surface area contributed by atoms with Gasteiger partial charge in [0.1, 0.15) is 5.82 Å². The smallest absolute Gasteiger partial charge is 0.128 e. The van der Waals surface area contributed by atoms with Crippen molar-refractivity contribution in [2.75, 3.05) is 20.6 Å². The SMILES string of the molecule is CC(Cl)c1nc2cc(Cl)ccc2n1C(CN(C)C)C(C)C. The van der Waals surface area contributed by atoms with Crippen molar-refractivity contribution in [3.05, 3.63) is 29.0 Å². The van der Waals surface area contributed by atoms with Crippen LogP contribution in [0.1, 0.15) is 38.0 Å². The lowest BCUT2D eigenvalue weighted by Gasteiger charge is -2.28. The van der Waals surface area contributed by atoms with Crippen molar-refractivity contribution >= 4 is 34.2 Å². The van der Waals surface area contributed by atoms with Crippen LogP contribution in [-0.2, 0) is 0 Å². The van der Waals surface area contributed by atoms with Gasteiger partial charge in [0.2, 0.25) is 0 Å². The number of imidazole rings is 1. The van der Waals surface area contributed by atoms with E-state index in [1.54, 1.807) is 0 Å². The van der Waals surface area contributed by atoms with E-state index in [2.05, 4.69) is 37.4 Å². The maximum Gasteiger partial charge on any atom is 0.128 e. The van der Waals surface area contributed by atoms with Crippen LogP contribution in [0, 0.1) is 5.92 Å². The molecular formula is C16H23Cl2N3. The van der Waals surface area contributed by atoms with E-state index in [9.17, 15) is 0 Å². The zero-order valence-electron chi connectivity index (χ0n) is 13.3. The van der Waals surface area contributed by atoms with Gasteiger partial charge in [-0.2, -0.15) is 0 Å². The van der Waals surface area contributed by atoms with Crippen LogP contribution in [0.25, 0.3) is 11.0 Å². The number of nitrogens with zero attached hydrogens (tertiary/aromatic N) is 3. The average molecular weight is 328 g/mol. The first kappa shape index (κ1) is 16.6. The minimum atomic E-state index is -0.139. The molecule has 0 aliphatic heterocycles. The molecule has 0 bridgehead atoms. The second-order valence-electron chi connectivity index (χ2n) is 6.16. The zero-order chi connectivity index (χ0) is 15.7. The Balaban J connectivity index is 2.65. The lowest BCUT2D eigenvalue weighted by atomic mass is 10.0. The van der Waals surface area contributed by atoms with Crippen LogP contribution in [0.3, 0.4) is 0 Å². The monoisotopic (exact) mass is 327 g/mol. The topological polar surface area (TPSA) is 21.1 Å². The van der Waals surface area contributed by atoms with Crippen LogP contribution >= 0.6 is 23.2 Å². The number of benzene rings is 1. The Kier molecular flexibility index (Phi) is 5.18. The Bertz CT molecular complexity index is 617. The average Bonchev–Trinajstić information content (AvgIpc) is 2.73. The molecule has 2 aromatic rings. The van der Waals surface area contributed by atoms with Crippen LogP contribution in [0.5, 0.6) is 0 Å². The van der Waals surface area contributed by atoms with Crippen molar-refractivity contribution in [2.24, 2.45) is 5.92 Å². The number of aromatic nitrogens is 2. The summed E-state index contributed by atoms with van der Waals surface area (Å²) in [6.45, 7) is 7.38. The van der Waals surface area contributed by atoms with E-state index < -0.39 is 0 Å². The summed E-state index contributed by atoms with van der Waals surface area (Å²) in [7, 11) is 4.18. The fourth-order valence-electron chi connectivity index (χ4n) is 2.68. The van der Waals surface area contributed by atoms with Crippen molar-refractivity contribution in [3.8, 4) is 0 Å². The van der Waals surface area contributed by atoms with Gasteiger partial charge in [0.15, 0.2) is 0 Å². The molecule has 2 atom stereocenters. The minimum Gasteiger partial charge on any atom is -0.322 e. The summed E-state index contributed by atoms with van der Waals surface area (Å²) in [5.74, 6) is 1.39. The second-order valence-corrected chi connectivity index (χ2v) is 7.25. The molecule has 5 heteroatoms. The molecule has 0 fully saturated rings. The van der Waals surface area contributed by atoms with Gasteiger partial charge in [-0.15, -0.1) is 11.6 Å². The Morgan fingerprint density at radius 1 is 1.24 bits per heavy atom. The maximum atomic E-state index is 6.37. The molecule has 3 nitrogen and oxygen atoms in total. The molecule has 1 aromatic carbocycles. The van der Waals surface area contributed by atoms with Gasteiger partial charge in [0.05, 0.1) is 22.5 Å². The zero-order valence-corrected chi connectivity index (χ0v) is 14.8. The number of hydrogen-bond acceptors (Lipinski definition) is 2. The van der Waals surface area contributed by atoms with Crippen LogP contribution in [0.2, 0.25) is 5.02 Å². The Labute approximate surface area is 136 Å². The third-order valence-corrected chi connectivity index (χ3v) is 4.12. The molecule has 0 aliphatic carbocycles. The molecule has 116 valence electrons. The highest BCUT2D eigenvalue weighted by Gasteiger charge is 2.24. The lowest BCUT2D eigenvalue weighted by Crippen LogP contribution is -2.29. The van der Waals surface area contributed by atoms with E-state index in [-0.39, 0.29) is 5.38 Å². The number of alkyl halides is 1. The van der Waals surface area contributed by atoms with Crippen molar-refractivity contribution in [1.82, 2.24) is 14.5 Å². The summed E-state index contributed by atoms with van der Waals surface area (Å²) in [6.07, 6.45) is 0. The van der Waals surface area contributed by atoms with E-state index in [0.717, 1.165) is 23.4 Å². The first-order chi connectivity index (χ1) is 9.81. The fraction of sp³-hybridized carbons (Fsp3) is 0.562. The second kappa shape index (κ2) is 6.55. The first-order valence-corrected chi connectivity index (χ1v) is 8.09. The van der Waals surface area contributed by atoms with Gasteiger partial charge in [-0.05, 0) is 45.1 Å². The Hall–Kier alpha value is -0.770. The van der Waals surface area contributed by atoms with Crippen LogP contribution in [0.15, 0.2) is 18.2 Å². The number of likely N-dealkylation sites (N-methyl/N-ethyl adjacent to an activating group) is 1. The summed E-state index contributed by atoms with van der Waals surface area (Å²) in [4.78, 5) is 6.92. The van der Waals surface area contributed by atoms with Gasteiger partial charge < -0.3 is 9.47 Å². The maximum absolute atomic E-state index is 6.37.